The van der Waals surface area contributed by atoms with Crippen LogP contribution in [0.25, 0.3) is 0 Å². The summed E-state index contributed by atoms with van der Waals surface area (Å²) in [4.78, 5) is 13.8. The van der Waals surface area contributed by atoms with E-state index in [9.17, 15) is 0 Å². The van der Waals surface area contributed by atoms with Gasteiger partial charge in [-0.2, -0.15) is 0 Å². The molecule has 0 aliphatic heterocycles. The Hall–Kier alpha value is -2.81. The maximum absolute atomic E-state index is 4.84. The second-order valence-corrected chi connectivity index (χ2v) is 6.37. The Morgan fingerprint density at radius 1 is 0.769 bits per heavy atom. The van der Waals surface area contributed by atoms with E-state index in [0.717, 1.165) is 29.2 Å². The topological polar surface area (TPSA) is 38.1 Å². The van der Waals surface area contributed by atoms with Crippen LogP contribution in [0.15, 0.2) is 78.0 Å². The lowest BCUT2D eigenvalue weighted by Gasteiger charge is -2.06. The minimum atomic E-state index is 0.793. The quantitative estimate of drug-likeness (QED) is 0.385. The van der Waals surface area contributed by atoms with Crippen LogP contribution in [0, 0.1) is 0 Å². The van der Waals surface area contributed by atoms with Gasteiger partial charge in [-0.3, -0.25) is 9.97 Å². The Morgan fingerprint density at radius 3 is 1.96 bits per heavy atom. The summed E-state index contributed by atoms with van der Waals surface area (Å²) in [5.74, 6) is 0. The molecule has 26 heavy (non-hydrogen) atoms. The maximum Gasteiger partial charge on any atom is 0.115 e. The number of rotatable bonds is 8. The van der Waals surface area contributed by atoms with Crippen molar-refractivity contribution in [3.8, 4) is 0 Å². The first-order chi connectivity index (χ1) is 12.9. The van der Waals surface area contributed by atoms with Crippen molar-refractivity contribution >= 4 is 11.4 Å². The highest BCUT2D eigenvalue weighted by Gasteiger charge is 2.09. The molecular formula is C23H25N3. The number of benzene rings is 1. The van der Waals surface area contributed by atoms with Crippen LogP contribution in [-0.2, 0) is 6.42 Å². The van der Waals surface area contributed by atoms with Crippen molar-refractivity contribution in [2.45, 2.75) is 39.0 Å². The van der Waals surface area contributed by atoms with E-state index in [1.165, 1.54) is 31.2 Å². The molecule has 0 radical (unpaired) electrons. The molecule has 0 amide bonds. The second kappa shape index (κ2) is 9.62. The number of unbranched alkanes of at least 4 members (excludes halogenated alkanes) is 3. The Kier molecular flexibility index (Phi) is 6.66. The summed E-state index contributed by atoms with van der Waals surface area (Å²) in [5.41, 5.74) is 4.75. The Bertz CT molecular complexity index is 768. The number of pyridine rings is 2. The van der Waals surface area contributed by atoms with E-state index < -0.39 is 0 Å². The van der Waals surface area contributed by atoms with E-state index in [4.69, 9.17) is 4.99 Å². The summed E-state index contributed by atoms with van der Waals surface area (Å²) in [5, 5.41) is 0. The highest BCUT2D eigenvalue weighted by atomic mass is 14.8. The van der Waals surface area contributed by atoms with Crippen LogP contribution in [0.3, 0.4) is 0 Å². The molecule has 3 heteroatoms. The molecule has 0 saturated carbocycles. The average molecular weight is 343 g/mol. The maximum atomic E-state index is 4.84. The van der Waals surface area contributed by atoms with E-state index in [0.29, 0.717) is 0 Å². The molecule has 0 spiro atoms. The molecule has 0 fully saturated rings. The Labute approximate surface area is 155 Å². The van der Waals surface area contributed by atoms with Crippen molar-refractivity contribution in [2.24, 2.45) is 4.99 Å². The minimum Gasteiger partial charge on any atom is -0.255 e. The molecule has 0 unspecified atom stereocenters. The summed E-state index contributed by atoms with van der Waals surface area (Å²) in [6.45, 7) is 2.24. The Morgan fingerprint density at radius 2 is 1.42 bits per heavy atom. The molecule has 2 heterocycles. The summed E-state index contributed by atoms with van der Waals surface area (Å²) in [6.07, 6.45) is 9.86. The first-order valence-corrected chi connectivity index (χ1v) is 9.37. The van der Waals surface area contributed by atoms with Crippen molar-refractivity contribution in [3.63, 3.8) is 0 Å². The van der Waals surface area contributed by atoms with E-state index in [1.54, 1.807) is 12.4 Å². The molecule has 0 saturated heterocycles. The van der Waals surface area contributed by atoms with Gasteiger partial charge in [-0.25, -0.2) is 4.99 Å². The molecule has 1 aromatic carbocycles. The molecule has 3 nitrogen and oxygen atoms in total. The molecule has 0 atom stereocenters. The van der Waals surface area contributed by atoms with Gasteiger partial charge >= 0.3 is 0 Å². The zero-order chi connectivity index (χ0) is 18.0. The average Bonchev–Trinajstić information content (AvgIpc) is 2.72. The van der Waals surface area contributed by atoms with Crippen LogP contribution in [0.4, 0.5) is 5.69 Å². The molecule has 0 aliphatic carbocycles. The molecule has 0 aliphatic rings. The SMILES string of the molecule is CCCCCCc1ccc(N=C(c2ccccn2)c2ccccn2)cc1. The lowest BCUT2D eigenvalue weighted by Crippen LogP contribution is -2.07. The van der Waals surface area contributed by atoms with Gasteiger partial charge in [0.15, 0.2) is 0 Å². The molecule has 2 aromatic heterocycles. The summed E-state index contributed by atoms with van der Waals surface area (Å²) >= 11 is 0. The van der Waals surface area contributed by atoms with Gasteiger partial charge in [-0.15, -0.1) is 0 Å². The fraction of sp³-hybridized carbons (Fsp3) is 0.261. The summed E-state index contributed by atoms with van der Waals surface area (Å²) < 4.78 is 0. The fourth-order valence-electron chi connectivity index (χ4n) is 2.87. The first-order valence-electron chi connectivity index (χ1n) is 9.37. The molecule has 3 aromatic rings. The standard InChI is InChI=1S/C23H25N3/c1-2-3-4-5-10-19-13-15-20(16-14-19)26-23(21-11-6-8-17-24-21)22-12-7-9-18-25-22/h6-9,11-18H,2-5,10H2,1H3. The third kappa shape index (κ3) is 5.09. The van der Waals surface area contributed by atoms with Crippen molar-refractivity contribution in [2.75, 3.05) is 0 Å². The number of hydrogen-bond donors (Lipinski definition) is 0. The van der Waals surface area contributed by atoms with E-state index in [1.807, 2.05) is 36.4 Å². The van der Waals surface area contributed by atoms with Crippen LogP contribution in [-0.4, -0.2) is 15.7 Å². The van der Waals surface area contributed by atoms with E-state index in [-0.39, 0.29) is 0 Å². The summed E-state index contributed by atoms with van der Waals surface area (Å²) in [6, 6.07) is 20.2. The Balaban J connectivity index is 1.82. The molecule has 0 bridgehead atoms. The minimum absolute atomic E-state index is 0.793. The van der Waals surface area contributed by atoms with Crippen LogP contribution in [0.1, 0.15) is 49.6 Å². The number of aromatic nitrogens is 2. The largest absolute Gasteiger partial charge is 0.255 e. The second-order valence-electron chi connectivity index (χ2n) is 6.37. The molecular weight excluding hydrogens is 318 g/mol. The monoisotopic (exact) mass is 343 g/mol. The number of aliphatic imine (C=N–C) groups is 1. The third-order valence-electron chi connectivity index (χ3n) is 4.31. The van der Waals surface area contributed by atoms with Gasteiger partial charge in [0.05, 0.1) is 17.1 Å². The zero-order valence-corrected chi connectivity index (χ0v) is 15.3. The van der Waals surface area contributed by atoms with E-state index in [2.05, 4.69) is 41.2 Å². The van der Waals surface area contributed by atoms with Crippen molar-refractivity contribution < 1.29 is 0 Å². The zero-order valence-electron chi connectivity index (χ0n) is 15.3. The number of nitrogens with zero attached hydrogens (tertiary/aromatic N) is 3. The van der Waals surface area contributed by atoms with Crippen LogP contribution < -0.4 is 0 Å². The van der Waals surface area contributed by atoms with Gasteiger partial charge in [0.25, 0.3) is 0 Å². The lowest BCUT2D eigenvalue weighted by atomic mass is 10.1. The molecule has 0 N–H and O–H groups in total. The van der Waals surface area contributed by atoms with Crippen LogP contribution >= 0.6 is 0 Å². The normalized spacial score (nSPS) is 10.5. The van der Waals surface area contributed by atoms with Gasteiger partial charge in [0.2, 0.25) is 0 Å². The van der Waals surface area contributed by atoms with Crippen LogP contribution in [0.5, 0.6) is 0 Å². The predicted molar refractivity (Wildman–Crippen MR) is 108 cm³/mol. The third-order valence-corrected chi connectivity index (χ3v) is 4.31. The van der Waals surface area contributed by atoms with Gasteiger partial charge in [-0.05, 0) is 54.8 Å². The highest BCUT2D eigenvalue weighted by Crippen LogP contribution is 2.18. The van der Waals surface area contributed by atoms with Gasteiger partial charge in [0.1, 0.15) is 5.71 Å². The molecule has 3 rings (SSSR count). The highest BCUT2D eigenvalue weighted by molar-refractivity contribution is 6.11. The van der Waals surface area contributed by atoms with Gasteiger partial charge in [0, 0.05) is 12.4 Å². The smallest absolute Gasteiger partial charge is 0.115 e. The lowest BCUT2D eigenvalue weighted by molar-refractivity contribution is 0.667. The van der Waals surface area contributed by atoms with Gasteiger partial charge in [-0.1, -0.05) is 50.5 Å². The van der Waals surface area contributed by atoms with Crippen molar-refractivity contribution in [3.05, 3.63) is 90.0 Å². The van der Waals surface area contributed by atoms with Gasteiger partial charge < -0.3 is 0 Å². The van der Waals surface area contributed by atoms with Crippen molar-refractivity contribution in [1.82, 2.24) is 9.97 Å². The van der Waals surface area contributed by atoms with Crippen LogP contribution in [0.2, 0.25) is 0 Å². The first kappa shape index (κ1) is 18.0. The number of aryl methyl sites for hydroxylation is 1. The number of hydrogen-bond acceptors (Lipinski definition) is 3. The van der Waals surface area contributed by atoms with E-state index >= 15 is 0 Å². The summed E-state index contributed by atoms with van der Waals surface area (Å²) in [7, 11) is 0. The van der Waals surface area contributed by atoms with Crippen molar-refractivity contribution in [1.29, 1.82) is 0 Å². The predicted octanol–water partition coefficient (Wildman–Crippen LogP) is 5.77. The fourth-order valence-corrected chi connectivity index (χ4v) is 2.87. The molecule has 132 valence electrons.